The molecule has 252 valence electrons. The van der Waals surface area contributed by atoms with Crippen LogP contribution in [0.2, 0.25) is 0 Å². The molecule has 3 saturated carbocycles. The molecule has 5 fully saturated rings. The van der Waals surface area contributed by atoms with Crippen LogP contribution >= 0.6 is 0 Å². The third kappa shape index (κ3) is 4.43. The Morgan fingerprint density at radius 1 is 0.980 bits per heavy atom. The van der Waals surface area contributed by atoms with E-state index >= 15 is 0 Å². The molecule has 0 N–H and O–H groups in total. The average Bonchev–Trinajstić information content (AvgIpc) is 3.75. The standard InChI is InChI=1S/C39H36FN7O3/c1-50-33-14-26(38(48)46-20-27-10-25-13-31(46)34(25)27)11-30-35(33)47(19-23-16-44(17-23)39(49)28-7-6-22(15-41)9-29(28)40)37(43-30)32-12-24-3-2-8-42-36(24)45(32)18-21-4-5-21/h2-3,6-9,11-12,14,21,23,25,27,31,34H,4-5,10,13,16-20H2,1H3/t25?,27?,31?,34-/m1/s1. The lowest BCUT2D eigenvalue weighted by Crippen LogP contribution is -2.53. The van der Waals surface area contributed by atoms with Crippen LogP contribution in [-0.2, 0) is 13.1 Å². The number of methoxy groups -OCH3 is 1. The van der Waals surface area contributed by atoms with Gasteiger partial charge < -0.3 is 23.7 Å². The zero-order valence-corrected chi connectivity index (χ0v) is 27.8. The Bertz CT molecular complexity index is 2290. The third-order valence-corrected chi connectivity index (χ3v) is 12.1. The number of imidazole rings is 1. The molecule has 3 unspecified atom stereocenters. The van der Waals surface area contributed by atoms with Gasteiger partial charge in [0.2, 0.25) is 0 Å². The maximum atomic E-state index is 14.7. The summed E-state index contributed by atoms with van der Waals surface area (Å²) in [4.78, 5) is 41.0. The van der Waals surface area contributed by atoms with Gasteiger partial charge in [-0.25, -0.2) is 14.4 Å². The molecule has 0 radical (unpaired) electrons. The molecule has 5 aromatic rings. The van der Waals surface area contributed by atoms with Gasteiger partial charge in [-0.3, -0.25) is 9.59 Å². The second-order valence-corrected chi connectivity index (χ2v) is 15.1. The van der Waals surface area contributed by atoms with Gasteiger partial charge in [-0.15, -0.1) is 0 Å². The van der Waals surface area contributed by atoms with Crippen LogP contribution in [0.1, 0.15) is 52.0 Å². The molecule has 3 aliphatic carbocycles. The van der Waals surface area contributed by atoms with Crippen molar-refractivity contribution in [3.05, 3.63) is 77.2 Å². The summed E-state index contributed by atoms with van der Waals surface area (Å²) in [6.45, 7) is 3.13. The Morgan fingerprint density at radius 3 is 2.56 bits per heavy atom. The molecule has 4 atom stereocenters. The fourth-order valence-corrected chi connectivity index (χ4v) is 9.30. The number of hydrogen-bond donors (Lipinski definition) is 0. The van der Waals surface area contributed by atoms with E-state index in [0.29, 0.717) is 60.3 Å². The number of pyridine rings is 1. The summed E-state index contributed by atoms with van der Waals surface area (Å²) in [5.41, 5.74) is 4.12. The fourth-order valence-electron chi connectivity index (χ4n) is 9.30. The van der Waals surface area contributed by atoms with Crippen molar-refractivity contribution >= 4 is 33.9 Å². The van der Waals surface area contributed by atoms with Crippen LogP contribution in [0, 0.1) is 46.7 Å². The molecular formula is C39H36FN7O3. The van der Waals surface area contributed by atoms with Crippen LogP contribution in [0.15, 0.2) is 54.7 Å². The highest BCUT2D eigenvalue weighted by atomic mass is 19.1. The van der Waals surface area contributed by atoms with Crippen molar-refractivity contribution in [3.63, 3.8) is 0 Å². The molecule has 10 rings (SSSR count). The Balaban J connectivity index is 1.03. The molecule has 2 aromatic carbocycles. The number of nitrogens with zero attached hydrogens (tertiary/aromatic N) is 7. The second-order valence-electron chi connectivity index (χ2n) is 15.1. The number of fused-ring (bicyclic) bond motifs is 2. The number of ether oxygens (including phenoxy) is 1. The quantitative estimate of drug-likeness (QED) is 0.209. The van der Waals surface area contributed by atoms with Crippen molar-refractivity contribution in [2.75, 3.05) is 26.7 Å². The Hall–Kier alpha value is -5.24. The van der Waals surface area contributed by atoms with Gasteiger partial charge in [-0.05, 0) is 97.9 Å². The number of rotatable bonds is 8. The van der Waals surface area contributed by atoms with Gasteiger partial charge in [0.25, 0.3) is 11.8 Å². The molecule has 5 heterocycles. The molecule has 10 nitrogen and oxygen atoms in total. The van der Waals surface area contributed by atoms with Crippen LogP contribution < -0.4 is 4.74 Å². The van der Waals surface area contributed by atoms with E-state index in [4.69, 9.17) is 20.0 Å². The van der Waals surface area contributed by atoms with Crippen molar-refractivity contribution in [2.45, 2.75) is 44.8 Å². The van der Waals surface area contributed by atoms with E-state index in [2.05, 4.69) is 26.2 Å². The monoisotopic (exact) mass is 669 g/mol. The number of amides is 2. The molecule has 0 spiro atoms. The third-order valence-electron chi connectivity index (χ3n) is 12.1. The van der Waals surface area contributed by atoms with Gasteiger partial charge in [0.05, 0.1) is 35.5 Å². The molecule has 3 aromatic heterocycles. The lowest BCUT2D eigenvalue weighted by Gasteiger charge is -2.52. The maximum Gasteiger partial charge on any atom is 0.256 e. The minimum atomic E-state index is -0.689. The molecule has 2 saturated heterocycles. The number of halogens is 1. The summed E-state index contributed by atoms with van der Waals surface area (Å²) in [5, 5.41) is 10.1. The van der Waals surface area contributed by atoms with Crippen LogP contribution in [0.3, 0.4) is 0 Å². The Morgan fingerprint density at radius 2 is 1.82 bits per heavy atom. The molecule has 2 aliphatic heterocycles. The molecule has 50 heavy (non-hydrogen) atoms. The predicted molar refractivity (Wildman–Crippen MR) is 183 cm³/mol. The number of carbonyl (C=O) groups is 2. The predicted octanol–water partition coefficient (Wildman–Crippen LogP) is 5.73. The number of benzene rings is 2. The van der Waals surface area contributed by atoms with Gasteiger partial charge in [0.1, 0.15) is 22.7 Å². The van der Waals surface area contributed by atoms with Gasteiger partial charge in [0.15, 0.2) is 5.82 Å². The van der Waals surface area contributed by atoms with Crippen molar-refractivity contribution in [1.82, 2.24) is 28.9 Å². The molecule has 11 heteroatoms. The van der Waals surface area contributed by atoms with Crippen LogP contribution in [0.4, 0.5) is 4.39 Å². The van der Waals surface area contributed by atoms with E-state index in [0.717, 1.165) is 59.6 Å². The number of carbonyl (C=O) groups excluding carboxylic acids is 2. The highest BCUT2D eigenvalue weighted by Gasteiger charge is 2.61. The largest absolute Gasteiger partial charge is 0.494 e. The average molecular weight is 670 g/mol. The van der Waals surface area contributed by atoms with Gasteiger partial charge in [-0.2, -0.15) is 5.26 Å². The topological polar surface area (TPSA) is 109 Å². The highest BCUT2D eigenvalue weighted by molar-refractivity contribution is 6.00. The minimum absolute atomic E-state index is 0.0318. The van der Waals surface area contributed by atoms with Crippen molar-refractivity contribution in [1.29, 1.82) is 5.26 Å². The smallest absolute Gasteiger partial charge is 0.256 e. The second kappa shape index (κ2) is 10.9. The van der Waals surface area contributed by atoms with E-state index in [-0.39, 0.29) is 28.9 Å². The number of hydrogen-bond acceptors (Lipinski definition) is 6. The first-order valence-corrected chi connectivity index (χ1v) is 17.7. The van der Waals surface area contributed by atoms with Gasteiger partial charge in [0, 0.05) is 61.8 Å². The fraction of sp³-hybridized carbons (Fsp3) is 0.410. The Kier molecular flexibility index (Phi) is 6.45. The van der Waals surface area contributed by atoms with Crippen molar-refractivity contribution in [2.24, 2.45) is 29.6 Å². The molecule has 5 aliphatic rings. The zero-order valence-electron chi connectivity index (χ0n) is 27.8. The minimum Gasteiger partial charge on any atom is -0.494 e. The first-order chi connectivity index (χ1) is 24.4. The van der Waals surface area contributed by atoms with Crippen LogP contribution in [0.25, 0.3) is 33.6 Å². The summed E-state index contributed by atoms with van der Waals surface area (Å²) in [7, 11) is 1.64. The van der Waals surface area contributed by atoms with Crippen LogP contribution in [0.5, 0.6) is 5.75 Å². The summed E-state index contributed by atoms with van der Waals surface area (Å²) in [6.07, 6.45) is 6.56. The number of aromatic nitrogens is 4. The molecular weight excluding hydrogens is 633 g/mol. The normalized spacial score (nSPS) is 23.7. The summed E-state index contributed by atoms with van der Waals surface area (Å²) in [6, 6.07) is 16.2. The van der Waals surface area contributed by atoms with E-state index < -0.39 is 5.82 Å². The lowest BCUT2D eigenvalue weighted by molar-refractivity contribution is -0.0204. The number of nitriles is 1. The van der Waals surface area contributed by atoms with Crippen LogP contribution in [-0.4, -0.2) is 73.5 Å². The van der Waals surface area contributed by atoms with E-state index in [1.165, 1.54) is 31.4 Å². The maximum absolute atomic E-state index is 14.7. The number of likely N-dealkylation sites (tertiary alicyclic amines) is 2. The SMILES string of the molecule is COc1cc(C(=O)N2CC3CC4CC2[C@H]43)cc2nc(-c3cc4cccnc4n3CC3CC3)n(CC3CN(C(=O)c4ccc(C#N)cc4F)C3)c12. The summed E-state index contributed by atoms with van der Waals surface area (Å²) in [5.74, 6) is 3.13. The van der Waals surface area contributed by atoms with Gasteiger partial charge in [-0.1, -0.05) is 0 Å². The molecule has 2 amide bonds. The molecule has 0 bridgehead atoms. The van der Waals surface area contributed by atoms with E-state index in [1.807, 2.05) is 30.5 Å². The van der Waals surface area contributed by atoms with Gasteiger partial charge >= 0.3 is 0 Å². The zero-order chi connectivity index (χ0) is 33.8. The first kappa shape index (κ1) is 29.7. The summed E-state index contributed by atoms with van der Waals surface area (Å²) >= 11 is 0. The highest BCUT2D eigenvalue weighted by Crippen LogP contribution is 2.60. The van der Waals surface area contributed by atoms with Crippen molar-refractivity contribution in [3.8, 4) is 23.3 Å². The van der Waals surface area contributed by atoms with E-state index in [9.17, 15) is 14.0 Å². The van der Waals surface area contributed by atoms with E-state index in [1.54, 1.807) is 12.0 Å². The Labute approximate surface area is 288 Å². The summed E-state index contributed by atoms with van der Waals surface area (Å²) < 4.78 is 25.2. The van der Waals surface area contributed by atoms with Crippen molar-refractivity contribution < 1.29 is 18.7 Å². The first-order valence-electron chi connectivity index (χ1n) is 17.7. The lowest BCUT2D eigenvalue weighted by atomic mass is 9.53.